The van der Waals surface area contributed by atoms with Gasteiger partial charge < -0.3 is 9.15 Å². The number of fused-ring (bicyclic) bond motifs is 1. The molecule has 3 rings (SSSR count). The van der Waals surface area contributed by atoms with Gasteiger partial charge in [0.15, 0.2) is 0 Å². The van der Waals surface area contributed by atoms with Gasteiger partial charge in [-0.15, -0.1) is 0 Å². The molecule has 0 atom stereocenters. The monoisotopic (exact) mass is 401 g/mol. The van der Waals surface area contributed by atoms with Crippen LogP contribution < -0.4 is 10.4 Å². The smallest absolute Gasteiger partial charge is 0.336 e. The van der Waals surface area contributed by atoms with Gasteiger partial charge in [0.1, 0.15) is 17.9 Å². The van der Waals surface area contributed by atoms with E-state index < -0.39 is 0 Å². The molecular weight excluding hydrogens is 382 g/mol. The van der Waals surface area contributed by atoms with Gasteiger partial charge in [-0.2, -0.15) is 0 Å². The third kappa shape index (κ3) is 4.71. The Balaban J connectivity index is 1.64. The van der Waals surface area contributed by atoms with Gasteiger partial charge in [-0.25, -0.2) is 4.79 Å². The first-order chi connectivity index (χ1) is 12.0. The van der Waals surface area contributed by atoms with E-state index in [1.165, 1.54) is 0 Å². The molecule has 0 amide bonds. The molecule has 1 aromatic heterocycles. The van der Waals surface area contributed by atoms with E-state index in [9.17, 15) is 4.79 Å². The number of benzene rings is 2. The second kappa shape index (κ2) is 7.85. The van der Waals surface area contributed by atoms with E-state index >= 15 is 0 Å². The fourth-order valence-electron chi connectivity index (χ4n) is 2.69. The zero-order chi connectivity index (χ0) is 17.8. The predicted octanol–water partition coefficient (Wildman–Crippen LogP) is 4.37. The van der Waals surface area contributed by atoms with Crippen LogP contribution in [0.15, 0.2) is 62.2 Å². The van der Waals surface area contributed by atoms with Crippen LogP contribution >= 0.6 is 15.9 Å². The van der Waals surface area contributed by atoms with Gasteiger partial charge >= 0.3 is 5.63 Å². The Morgan fingerprint density at radius 2 is 1.88 bits per heavy atom. The van der Waals surface area contributed by atoms with Crippen LogP contribution in [0, 0.1) is 6.92 Å². The lowest BCUT2D eigenvalue weighted by Crippen LogP contribution is -2.24. The van der Waals surface area contributed by atoms with Crippen molar-refractivity contribution in [3.63, 3.8) is 0 Å². The highest BCUT2D eigenvalue weighted by atomic mass is 79.9. The van der Waals surface area contributed by atoms with E-state index in [1.807, 2.05) is 56.4 Å². The molecule has 2 aromatic carbocycles. The Morgan fingerprint density at radius 1 is 1.12 bits per heavy atom. The lowest BCUT2D eigenvalue weighted by Gasteiger charge is -2.18. The molecular formula is C20H20BrNO3. The topological polar surface area (TPSA) is 42.7 Å². The van der Waals surface area contributed by atoms with Crippen molar-refractivity contribution in [1.29, 1.82) is 0 Å². The molecule has 0 radical (unpaired) electrons. The van der Waals surface area contributed by atoms with Crippen LogP contribution in [0.5, 0.6) is 5.75 Å². The van der Waals surface area contributed by atoms with Crippen molar-refractivity contribution in [2.75, 3.05) is 20.2 Å². The summed E-state index contributed by atoms with van der Waals surface area (Å²) < 4.78 is 12.1. The normalized spacial score (nSPS) is 11.2. The number of rotatable bonds is 6. The summed E-state index contributed by atoms with van der Waals surface area (Å²) >= 11 is 3.41. The van der Waals surface area contributed by atoms with Crippen LogP contribution in [-0.4, -0.2) is 25.1 Å². The zero-order valence-electron chi connectivity index (χ0n) is 14.3. The summed E-state index contributed by atoms with van der Waals surface area (Å²) in [5.74, 6) is 0.845. The van der Waals surface area contributed by atoms with Crippen molar-refractivity contribution in [3.05, 3.63) is 74.6 Å². The van der Waals surface area contributed by atoms with Crippen LogP contribution in [0.1, 0.15) is 11.1 Å². The van der Waals surface area contributed by atoms with Crippen molar-refractivity contribution >= 4 is 26.9 Å². The summed E-state index contributed by atoms with van der Waals surface area (Å²) in [6.45, 7) is 3.98. The summed E-state index contributed by atoms with van der Waals surface area (Å²) in [6.07, 6.45) is 0. The Morgan fingerprint density at radius 3 is 2.64 bits per heavy atom. The first-order valence-corrected chi connectivity index (χ1v) is 8.91. The molecule has 130 valence electrons. The van der Waals surface area contributed by atoms with E-state index in [0.717, 1.165) is 33.3 Å². The molecule has 0 fully saturated rings. The molecule has 4 nitrogen and oxygen atoms in total. The Bertz CT molecular complexity index is 918. The summed E-state index contributed by atoms with van der Waals surface area (Å²) in [5, 5.41) is 0.978. The molecule has 0 bridgehead atoms. The third-order valence-electron chi connectivity index (χ3n) is 3.98. The van der Waals surface area contributed by atoms with E-state index in [1.54, 1.807) is 6.07 Å². The number of ether oxygens (including phenoxy) is 1. The van der Waals surface area contributed by atoms with Gasteiger partial charge in [0, 0.05) is 29.0 Å². The second-order valence-corrected chi connectivity index (χ2v) is 7.05. The SMILES string of the molecule is Cc1ccc2c(CN(C)CCOc3ccc(Br)cc3)cc(=O)oc2c1. The van der Waals surface area contributed by atoms with Crippen molar-refractivity contribution in [1.82, 2.24) is 4.90 Å². The fourth-order valence-corrected chi connectivity index (χ4v) is 2.95. The van der Waals surface area contributed by atoms with Gasteiger partial charge in [-0.1, -0.05) is 28.1 Å². The highest BCUT2D eigenvalue weighted by Gasteiger charge is 2.09. The molecule has 0 aliphatic carbocycles. The minimum atomic E-state index is -0.312. The van der Waals surface area contributed by atoms with Crippen molar-refractivity contribution < 1.29 is 9.15 Å². The van der Waals surface area contributed by atoms with Crippen LogP contribution in [0.3, 0.4) is 0 Å². The van der Waals surface area contributed by atoms with Crippen LogP contribution in [0.2, 0.25) is 0 Å². The van der Waals surface area contributed by atoms with Crippen LogP contribution in [0.4, 0.5) is 0 Å². The number of aryl methyl sites for hydroxylation is 1. The maximum atomic E-state index is 11.8. The third-order valence-corrected chi connectivity index (χ3v) is 4.51. The zero-order valence-corrected chi connectivity index (χ0v) is 15.9. The van der Waals surface area contributed by atoms with Gasteiger partial charge in [-0.05, 0) is 55.4 Å². The second-order valence-electron chi connectivity index (χ2n) is 6.13. The number of nitrogens with zero attached hydrogens (tertiary/aromatic N) is 1. The maximum absolute atomic E-state index is 11.8. The lowest BCUT2D eigenvalue weighted by atomic mass is 10.1. The van der Waals surface area contributed by atoms with Crippen molar-refractivity contribution in [2.45, 2.75) is 13.5 Å². The molecule has 0 saturated heterocycles. The molecule has 0 spiro atoms. The molecule has 25 heavy (non-hydrogen) atoms. The minimum absolute atomic E-state index is 0.312. The average Bonchev–Trinajstić information content (AvgIpc) is 2.56. The number of likely N-dealkylation sites (N-methyl/N-ethyl adjacent to an activating group) is 1. The fraction of sp³-hybridized carbons (Fsp3) is 0.250. The van der Waals surface area contributed by atoms with Crippen LogP contribution in [-0.2, 0) is 6.54 Å². The number of halogens is 1. The number of hydrogen-bond donors (Lipinski definition) is 0. The summed E-state index contributed by atoms with van der Waals surface area (Å²) in [4.78, 5) is 13.9. The van der Waals surface area contributed by atoms with Gasteiger partial charge in [0.25, 0.3) is 0 Å². The number of hydrogen-bond acceptors (Lipinski definition) is 4. The maximum Gasteiger partial charge on any atom is 0.336 e. The predicted molar refractivity (Wildman–Crippen MR) is 103 cm³/mol. The first-order valence-electron chi connectivity index (χ1n) is 8.11. The van der Waals surface area contributed by atoms with Gasteiger partial charge in [0.2, 0.25) is 0 Å². The van der Waals surface area contributed by atoms with Gasteiger partial charge in [-0.3, -0.25) is 4.90 Å². The lowest BCUT2D eigenvalue weighted by molar-refractivity contribution is 0.233. The van der Waals surface area contributed by atoms with E-state index in [4.69, 9.17) is 9.15 Å². The minimum Gasteiger partial charge on any atom is -0.492 e. The van der Waals surface area contributed by atoms with Gasteiger partial charge in [0.05, 0.1) is 0 Å². The first kappa shape index (κ1) is 17.7. The van der Waals surface area contributed by atoms with Crippen molar-refractivity contribution in [3.8, 4) is 5.75 Å². The molecule has 5 heteroatoms. The summed E-state index contributed by atoms with van der Waals surface area (Å²) in [7, 11) is 2.01. The Kier molecular flexibility index (Phi) is 5.56. The molecule has 0 aliphatic heterocycles. The van der Waals surface area contributed by atoms with E-state index in [-0.39, 0.29) is 5.63 Å². The average molecular weight is 402 g/mol. The largest absolute Gasteiger partial charge is 0.492 e. The summed E-state index contributed by atoms with van der Waals surface area (Å²) in [6, 6.07) is 15.3. The summed E-state index contributed by atoms with van der Waals surface area (Å²) in [5.41, 5.74) is 2.37. The molecule has 3 aromatic rings. The van der Waals surface area contributed by atoms with E-state index in [2.05, 4.69) is 20.8 Å². The molecule has 0 aliphatic rings. The van der Waals surface area contributed by atoms with Crippen molar-refractivity contribution in [2.24, 2.45) is 0 Å². The Hall–Kier alpha value is -2.11. The highest BCUT2D eigenvalue weighted by Crippen LogP contribution is 2.20. The standard InChI is InChI=1S/C20H20BrNO3/c1-14-3-8-18-15(12-20(23)25-19(18)11-14)13-22(2)9-10-24-17-6-4-16(21)5-7-17/h3-8,11-12H,9-10,13H2,1-2H3. The highest BCUT2D eigenvalue weighted by molar-refractivity contribution is 9.10. The molecule has 0 saturated carbocycles. The molecule has 0 unspecified atom stereocenters. The molecule has 0 N–H and O–H groups in total. The van der Waals surface area contributed by atoms with Crippen LogP contribution in [0.25, 0.3) is 11.0 Å². The quantitative estimate of drug-likeness (QED) is 0.575. The molecule has 1 heterocycles. The van der Waals surface area contributed by atoms with E-state index in [0.29, 0.717) is 18.7 Å². The Labute approximate surface area is 155 Å².